The average Bonchev–Trinajstić information content (AvgIpc) is 3.05. The van der Waals surface area contributed by atoms with E-state index in [4.69, 9.17) is 0 Å². The maximum atomic E-state index is 13.3. The van der Waals surface area contributed by atoms with Gasteiger partial charge in [-0.3, -0.25) is 14.5 Å². The molecular weight excluding hydrogens is 404 g/mol. The number of rotatable bonds is 5. The number of aryl methyl sites for hydroxylation is 1. The number of thioether (sulfide) groups is 1. The van der Waals surface area contributed by atoms with Gasteiger partial charge in [-0.15, -0.1) is 11.3 Å². The molecule has 1 unspecified atom stereocenters. The molecule has 4 rings (SSSR count). The van der Waals surface area contributed by atoms with Crippen LogP contribution in [0.15, 0.2) is 24.3 Å². The van der Waals surface area contributed by atoms with E-state index in [-0.39, 0.29) is 24.3 Å². The highest BCUT2D eigenvalue weighted by molar-refractivity contribution is 7.98. The maximum absolute atomic E-state index is 13.3. The summed E-state index contributed by atoms with van der Waals surface area (Å²) in [6.45, 7) is 3.59. The first kappa shape index (κ1) is 20.6. The number of likely N-dealkylation sites (tertiary alicyclic amines) is 1. The van der Waals surface area contributed by atoms with Crippen molar-refractivity contribution in [3.8, 4) is 0 Å². The number of aliphatic hydroxyl groups is 1. The number of hydrogen-bond donors (Lipinski definition) is 2. The van der Waals surface area contributed by atoms with Crippen LogP contribution in [-0.2, 0) is 17.0 Å². The quantitative estimate of drug-likeness (QED) is 0.711. The van der Waals surface area contributed by atoms with Crippen LogP contribution in [-0.4, -0.2) is 53.2 Å². The van der Waals surface area contributed by atoms with Crippen LogP contribution in [0.1, 0.15) is 44.8 Å². The minimum absolute atomic E-state index is 0.0157. The van der Waals surface area contributed by atoms with E-state index in [2.05, 4.69) is 5.32 Å². The summed E-state index contributed by atoms with van der Waals surface area (Å²) in [7, 11) is 0. The monoisotopic (exact) mass is 430 g/mol. The zero-order chi connectivity index (χ0) is 20.4. The van der Waals surface area contributed by atoms with E-state index in [9.17, 15) is 14.7 Å². The molecule has 2 N–H and O–H groups in total. The third-order valence-corrected chi connectivity index (χ3v) is 7.78. The second kappa shape index (κ2) is 9.00. The van der Waals surface area contributed by atoms with E-state index in [1.807, 2.05) is 47.9 Å². The van der Waals surface area contributed by atoms with Gasteiger partial charge in [-0.05, 0) is 44.0 Å². The molecule has 2 aliphatic rings. The van der Waals surface area contributed by atoms with Gasteiger partial charge < -0.3 is 10.4 Å². The van der Waals surface area contributed by atoms with Gasteiger partial charge in [0.1, 0.15) is 5.00 Å². The Morgan fingerprint density at radius 3 is 2.83 bits per heavy atom. The summed E-state index contributed by atoms with van der Waals surface area (Å²) in [6, 6.07) is 7.61. The van der Waals surface area contributed by atoms with Gasteiger partial charge in [0, 0.05) is 22.7 Å². The molecule has 5 nitrogen and oxygen atoms in total. The highest BCUT2D eigenvalue weighted by Crippen LogP contribution is 2.40. The van der Waals surface area contributed by atoms with Gasteiger partial charge in [-0.1, -0.05) is 29.8 Å². The molecule has 1 amide bonds. The third-order valence-electron chi connectivity index (χ3n) is 5.46. The van der Waals surface area contributed by atoms with E-state index in [1.165, 1.54) is 16.2 Å². The smallest absolute Gasteiger partial charge is 0.239 e. The Morgan fingerprint density at radius 1 is 1.28 bits per heavy atom. The van der Waals surface area contributed by atoms with Gasteiger partial charge >= 0.3 is 0 Å². The van der Waals surface area contributed by atoms with Crippen LogP contribution in [0, 0.1) is 6.92 Å². The molecule has 1 saturated heterocycles. The van der Waals surface area contributed by atoms with Gasteiger partial charge in [0.25, 0.3) is 0 Å². The zero-order valence-corrected chi connectivity index (χ0v) is 18.2. The normalized spacial score (nSPS) is 19.6. The first-order valence-electron chi connectivity index (χ1n) is 10.0. The number of nitrogens with zero attached hydrogens (tertiary/aromatic N) is 1. The molecule has 0 radical (unpaired) electrons. The summed E-state index contributed by atoms with van der Waals surface area (Å²) in [4.78, 5) is 29.2. The zero-order valence-electron chi connectivity index (χ0n) is 16.6. The molecule has 1 atom stereocenters. The highest BCUT2D eigenvalue weighted by atomic mass is 32.2. The van der Waals surface area contributed by atoms with Crippen LogP contribution in [0.4, 0.5) is 5.00 Å². The van der Waals surface area contributed by atoms with Gasteiger partial charge in [-0.2, -0.15) is 11.8 Å². The van der Waals surface area contributed by atoms with Crippen molar-refractivity contribution in [1.29, 1.82) is 0 Å². The number of benzene rings is 1. The Kier molecular flexibility index (Phi) is 6.39. The van der Waals surface area contributed by atoms with Gasteiger partial charge in [0.2, 0.25) is 5.91 Å². The Morgan fingerprint density at radius 2 is 2.07 bits per heavy atom. The van der Waals surface area contributed by atoms with Crippen molar-refractivity contribution in [2.45, 2.75) is 38.0 Å². The molecule has 7 heteroatoms. The number of aliphatic hydroxyl groups excluding tert-OH is 1. The van der Waals surface area contributed by atoms with Crippen molar-refractivity contribution in [2.75, 3.05) is 30.7 Å². The summed E-state index contributed by atoms with van der Waals surface area (Å²) in [6.07, 6.45) is 2.19. The predicted octanol–water partition coefficient (Wildman–Crippen LogP) is 3.47. The van der Waals surface area contributed by atoms with E-state index in [1.54, 1.807) is 0 Å². The van der Waals surface area contributed by atoms with Crippen molar-refractivity contribution < 1.29 is 14.7 Å². The van der Waals surface area contributed by atoms with E-state index in [0.29, 0.717) is 22.7 Å². The minimum Gasteiger partial charge on any atom is -0.392 e. The van der Waals surface area contributed by atoms with Crippen molar-refractivity contribution in [2.24, 2.45) is 0 Å². The number of hydrogen-bond acceptors (Lipinski definition) is 6. The Labute approximate surface area is 179 Å². The Balaban J connectivity index is 1.57. The number of β-amino-alcohol motifs (C(OH)–C–C–N with tert-alkyl or cyclic N) is 1. The number of piperidine rings is 1. The Bertz CT molecular complexity index is 908. The highest BCUT2D eigenvalue weighted by Gasteiger charge is 2.28. The van der Waals surface area contributed by atoms with Crippen LogP contribution in [0.25, 0.3) is 0 Å². The van der Waals surface area contributed by atoms with Crippen molar-refractivity contribution >= 4 is 39.8 Å². The Hall–Kier alpha value is -1.67. The van der Waals surface area contributed by atoms with Crippen LogP contribution in [0.2, 0.25) is 0 Å². The molecule has 2 aliphatic heterocycles. The van der Waals surface area contributed by atoms with E-state index >= 15 is 0 Å². The van der Waals surface area contributed by atoms with E-state index < -0.39 is 0 Å². The van der Waals surface area contributed by atoms with Crippen molar-refractivity contribution in [3.05, 3.63) is 51.4 Å². The number of amides is 1. The number of thiophene rings is 1. The molecule has 0 saturated carbocycles. The topological polar surface area (TPSA) is 69.6 Å². The summed E-state index contributed by atoms with van der Waals surface area (Å²) < 4.78 is 0. The van der Waals surface area contributed by atoms with Crippen LogP contribution in [0.3, 0.4) is 0 Å². The average molecular weight is 431 g/mol. The van der Waals surface area contributed by atoms with Gasteiger partial charge in [0.15, 0.2) is 5.78 Å². The van der Waals surface area contributed by atoms with Gasteiger partial charge in [-0.25, -0.2) is 0 Å². The summed E-state index contributed by atoms with van der Waals surface area (Å²) in [5, 5.41) is 13.5. The second-order valence-electron chi connectivity index (χ2n) is 7.78. The lowest BCUT2D eigenvalue weighted by molar-refractivity contribution is -0.117. The predicted molar refractivity (Wildman–Crippen MR) is 119 cm³/mol. The second-order valence-corrected chi connectivity index (χ2v) is 10.00. The lowest BCUT2D eigenvalue weighted by Gasteiger charge is -2.29. The number of nitrogens with one attached hydrogen (secondary N) is 1. The minimum atomic E-state index is -0.360. The number of fused-ring (bicyclic) bond motifs is 1. The van der Waals surface area contributed by atoms with Crippen LogP contribution >= 0.6 is 23.1 Å². The fourth-order valence-corrected chi connectivity index (χ4v) is 6.35. The summed E-state index contributed by atoms with van der Waals surface area (Å²) in [5.41, 5.74) is 3.54. The van der Waals surface area contributed by atoms with E-state index in [0.717, 1.165) is 48.4 Å². The molecule has 0 aliphatic carbocycles. The molecule has 3 heterocycles. The summed E-state index contributed by atoms with van der Waals surface area (Å²) >= 11 is 3.40. The van der Waals surface area contributed by atoms with Crippen LogP contribution in [0.5, 0.6) is 0 Å². The fraction of sp³-hybridized carbons (Fsp3) is 0.455. The number of anilines is 1. The molecule has 0 bridgehead atoms. The fourth-order valence-electron chi connectivity index (χ4n) is 3.95. The standard InChI is InChI=1S/C22H26N2O3S2/c1-14-4-6-15(7-5-14)21(27)20-17-8-10-28-13-18(17)29-22(20)23-19(26)12-24-9-2-3-16(25)11-24/h4-7,16,25H,2-3,8-13H2,1H3,(H,23,26). The molecule has 154 valence electrons. The lowest BCUT2D eigenvalue weighted by atomic mass is 9.98. The maximum Gasteiger partial charge on any atom is 0.239 e. The SMILES string of the molecule is Cc1ccc(C(=O)c2c(NC(=O)CN3CCCC(O)C3)sc3c2CCSC3)cc1. The summed E-state index contributed by atoms with van der Waals surface area (Å²) in [5.74, 6) is 1.75. The van der Waals surface area contributed by atoms with Crippen LogP contribution < -0.4 is 5.32 Å². The molecule has 29 heavy (non-hydrogen) atoms. The number of ketones is 1. The molecule has 2 aromatic rings. The van der Waals surface area contributed by atoms with Crippen molar-refractivity contribution in [1.82, 2.24) is 4.90 Å². The third kappa shape index (κ3) is 4.74. The molecular formula is C22H26N2O3S2. The number of carbonyl (C=O) groups excluding carboxylic acids is 2. The molecule has 1 fully saturated rings. The molecule has 1 aromatic carbocycles. The largest absolute Gasteiger partial charge is 0.392 e. The lowest BCUT2D eigenvalue weighted by Crippen LogP contribution is -2.42. The molecule has 1 aromatic heterocycles. The first-order chi connectivity index (χ1) is 14.0. The van der Waals surface area contributed by atoms with Gasteiger partial charge in [0.05, 0.1) is 18.2 Å². The molecule has 0 spiro atoms. The van der Waals surface area contributed by atoms with Crippen molar-refractivity contribution in [3.63, 3.8) is 0 Å². The number of carbonyl (C=O) groups is 2. The first-order valence-corrected chi connectivity index (χ1v) is 12.0.